The van der Waals surface area contributed by atoms with Crippen molar-refractivity contribution in [2.45, 2.75) is 37.6 Å². The van der Waals surface area contributed by atoms with Gasteiger partial charge in [0.25, 0.3) is 11.8 Å². The molecule has 0 unspecified atom stereocenters. The molecule has 6 atom stereocenters. The van der Waals surface area contributed by atoms with Crippen LogP contribution >= 0.6 is 23.2 Å². The predicted molar refractivity (Wildman–Crippen MR) is 202 cm³/mol. The summed E-state index contributed by atoms with van der Waals surface area (Å²) in [6.45, 7) is 2.21. The van der Waals surface area contributed by atoms with Crippen molar-refractivity contribution in [1.29, 1.82) is 0 Å². The number of benzene rings is 4. The van der Waals surface area contributed by atoms with Crippen LogP contribution in [0.1, 0.15) is 42.4 Å². The van der Waals surface area contributed by atoms with Gasteiger partial charge in [0.2, 0.25) is 11.8 Å². The molecular weight excluding hydrogens is 729 g/mol. The van der Waals surface area contributed by atoms with Gasteiger partial charge in [-0.3, -0.25) is 29.5 Å². The maximum atomic E-state index is 15.4. The summed E-state index contributed by atoms with van der Waals surface area (Å²) >= 11 is 12.7. The lowest BCUT2D eigenvalue weighted by Gasteiger charge is -2.50. The van der Waals surface area contributed by atoms with Crippen molar-refractivity contribution in [1.82, 2.24) is 9.91 Å². The smallest absolute Gasteiger partial charge is 0.260 e. The number of fused-ring (bicyclic) bond motifs is 4. The summed E-state index contributed by atoms with van der Waals surface area (Å²) in [6.07, 6.45) is 2.40. The molecule has 4 aromatic carbocycles. The third kappa shape index (κ3) is 5.53. The molecule has 0 aromatic heterocycles. The van der Waals surface area contributed by atoms with Crippen molar-refractivity contribution in [2.24, 2.45) is 23.7 Å². The van der Waals surface area contributed by atoms with E-state index in [9.17, 15) is 19.5 Å². The topological polar surface area (TPSA) is 125 Å². The second kappa shape index (κ2) is 13.8. The van der Waals surface area contributed by atoms with Crippen molar-refractivity contribution in [2.75, 3.05) is 19.1 Å². The lowest BCUT2D eigenvalue weighted by molar-refractivity contribution is -0.142. The first kappa shape index (κ1) is 35.7. The number of hydrazine groups is 1. The number of allylic oxidation sites excluding steroid dienone is 2. The highest BCUT2D eigenvalue weighted by Gasteiger charge is 2.70. The number of hydrogen-bond donors (Lipinski definition) is 2. The van der Waals surface area contributed by atoms with Crippen LogP contribution in [0, 0.1) is 23.7 Å². The normalized spacial score (nSPS) is 25.9. The van der Waals surface area contributed by atoms with Gasteiger partial charge in [0.05, 0.1) is 54.1 Å². The predicted octanol–water partition coefficient (Wildman–Crippen LogP) is 7.29. The van der Waals surface area contributed by atoms with Gasteiger partial charge in [-0.15, -0.1) is 0 Å². The van der Waals surface area contributed by atoms with Crippen LogP contribution in [0.15, 0.2) is 103 Å². The zero-order valence-electron chi connectivity index (χ0n) is 29.5. The molecule has 8 rings (SSSR count). The average molecular weight is 767 g/mol. The number of methoxy groups -OCH3 is 1. The van der Waals surface area contributed by atoms with E-state index in [0.29, 0.717) is 27.6 Å². The summed E-state index contributed by atoms with van der Waals surface area (Å²) in [5.41, 5.74) is 4.55. The number of phenols is 1. The van der Waals surface area contributed by atoms with Crippen molar-refractivity contribution in [3.8, 4) is 17.2 Å². The van der Waals surface area contributed by atoms with Gasteiger partial charge < -0.3 is 14.6 Å². The van der Waals surface area contributed by atoms with Crippen LogP contribution in [0.3, 0.4) is 0 Å². The number of imide groups is 2. The van der Waals surface area contributed by atoms with Crippen LogP contribution < -0.4 is 14.9 Å². The molecule has 2 saturated heterocycles. The van der Waals surface area contributed by atoms with E-state index < -0.39 is 46.8 Å². The number of nitrogens with one attached hydrogen (secondary N) is 1. The molecule has 12 heteroatoms. The maximum Gasteiger partial charge on any atom is 0.260 e. The van der Waals surface area contributed by atoms with E-state index in [1.54, 1.807) is 62.6 Å². The third-order valence-electron chi connectivity index (χ3n) is 11.5. The van der Waals surface area contributed by atoms with Crippen LogP contribution in [0.4, 0.5) is 5.69 Å². The highest BCUT2D eigenvalue weighted by atomic mass is 35.5. The number of hydrogen-bond acceptors (Lipinski definition) is 8. The molecule has 0 spiro atoms. The summed E-state index contributed by atoms with van der Waals surface area (Å²) in [5.74, 6) is -4.57. The van der Waals surface area contributed by atoms with Crippen molar-refractivity contribution in [3.05, 3.63) is 129 Å². The maximum absolute atomic E-state index is 15.4. The molecule has 2 heterocycles. The van der Waals surface area contributed by atoms with Gasteiger partial charge in [-0.25, -0.2) is 0 Å². The van der Waals surface area contributed by atoms with E-state index in [4.69, 9.17) is 32.7 Å². The van der Waals surface area contributed by atoms with E-state index in [-0.39, 0.29) is 54.3 Å². The zero-order chi connectivity index (χ0) is 37.9. The summed E-state index contributed by atoms with van der Waals surface area (Å²) < 4.78 is 11.3. The van der Waals surface area contributed by atoms with Gasteiger partial charge in [0.1, 0.15) is 5.75 Å². The van der Waals surface area contributed by atoms with Crippen LogP contribution in [-0.2, 0) is 31.1 Å². The van der Waals surface area contributed by atoms with E-state index >= 15 is 4.79 Å². The van der Waals surface area contributed by atoms with E-state index in [0.717, 1.165) is 16.1 Å². The third-order valence-corrected chi connectivity index (χ3v) is 12.0. The molecule has 1 saturated carbocycles. The molecule has 4 aliphatic rings. The number of likely N-dealkylation sites (tertiary alicyclic amines) is 1. The highest BCUT2D eigenvalue weighted by Crippen LogP contribution is 2.64. The molecule has 54 heavy (non-hydrogen) atoms. The van der Waals surface area contributed by atoms with E-state index in [1.807, 2.05) is 36.4 Å². The fraction of sp³-hybridized carbons (Fsp3) is 0.286. The fourth-order valence-corrected chi connectivity index (χ4v) is 9.64. The number of ether oxygens (including phenoxy) is 2. The number of halogens is 2. The number of nitrogens with zero attached hydrogens (tertiary/aromatic N) is 2. The second-order valence-corrected chi connectivity index (χ2v) is 15.0. The van der Waals surface area contributed by atoms with Gasteiger partial charge in [0.15, 0.2) is 11.5 Å². The Hall–Kier alpha value is -5.32. The van der Waals surface area contributed by atoms with E-state index in [2.05, 4.69) is 5.43 Å². The minimum absolute atomic E-state index is 0.0803. The molecule has 10 nitrogen and oxygen atoms in total. The summed E-state index contributed by atoms with van der Waals surface area (Å²) in [5, 5.41) is 12.4. The molecule has 2 N–H and O–H groups in total. The second-order valence-electron chi connectivity index (χ2n) is 14.1. The number of aromatic hydroxyl groups is 1. The molecule has 276 valence electrons. The van der Waals surface area contributed by atoms with Gasteiger partial charge in [-0.2, -0.15) is 5.01 Å². The quantitative estimate of drug-likeness (QED) is 0.135. The standard InChI is InChI=1S/C42H37Cl2N3O7/c1-3-54-35-19-24(9-18-34(35)48)37-28-15-16-29-36(40(51)46(38(29)49)22-23-7-5-4-6-8-23)30(28)21-31-39(50)47(45-33-17-12-26(43)20-32(33)44)41(52)42(31,37)25-10-13-27(53-2)14-11-25/h4-15,17-20,29-31,36-37,45,48H,3,16,21-22H2,1-2H3/t29-,30+,31-,36-,37-,42+/m0/s1. The number of amides is 4. The summed E-state index contributed by atoms with van der Waals surface area (Å²) in [4.78, 5) is 60.2. The Morgan fingerprint density at radius 1 is 0.889 bits per heavy atom. The number of anilines is 1. The van der Waals surface area contributed by atoms with E-state index in [1.165, 1.54) is 17.0 Å². The number of carbonyl (C=O) groups is 4. The number of rotatable bonds is 9. The first-order chi connectivity index (χ1) is 26.1. The van der Waals surface area contributed by atoms with Gasteiger partial charge in [-0.05, 0) is 84.8 Å². The van der Waals surface area contributed by atoms with Gasteiger partial charge in [0, 0.05) is 10.9 Å². The van der Waals surface area contributed by atoms with Crippen molar-refractivity contribution in [3.63, 3.8) is 0 Å². The summed E-state index contributed by atoms with van der Waals surface area (Å²) in [6, 6.07) is 26.1. The molecule has 2 aliphatic heterocycles. The van der Waals surface area contributed by atoms with Crippen LogP contribution in [-0.4, -0.2) is 52.4 Å². The SMILES string of the molecule is CCOc1cc([C@H]2C3=CC[C@@H]4C(=O)N(Cc5ccccc5)C(=O)[C@@H]4[C@@H]3C[C@H]3C(=O)N(Nc4ccc(Cl)cc4Cl)C(=O)[C@@]23c2ccc(OC)cc2)ccc1O. The Balaban J connectivity index is 1.32. The first-order valence-electron chi connectivity index (χ1n) is 17.9. The zero-order valence-corrected chi connectivity index (χ0v) is 31.0. The largest absolute Gasteiger partial charge is 0.504 e. The average Bonchev–Trinajstić information content (AvgIpc) is 3.54. The van der Waals surface area contributed by atoms with Crippen LogP contribution in [0.5, 0.6) is 17.2 Å². The Kier molecular flexibility index (Phi) is 9.14. The number of carbonyl (C=O) groups excluding carboxylic acids is 4. The fourth-order valence-electron chi connectivity index (χ4n) is 9.19. The highest BCUT2D eigenvalue weighted by molar-refractivity contribution is 6.36. The summed E-state index contributed by atoms with van der Waals surface area (Å²) in [7, 11) is 1.55. The Morgan fingerprint density at radius 3 is 2.35 bits per heavy atom. The Labute approximate surface area is 322 Å². The lowest BCUT2D eigenvalue weighted by Crippen LogP contribution is -2.53. The molecule has 0 bridgehead atoms. The Morgan fingerprint density at radius 2 is 1.65 bits per heavy atom. The monoisotopic (exact) mass is 765 g/mol. The van der Waals surface area contributed by atoms with Crippen LogP contribution in [0.25, 0.3) is 0 Å². The molecule has 4 aromatic rings. The molecule has 2 aliphatic carbocycles. The lowest BCUT2D eigenvalue weighted by atomic mass is 9.49. The first-order valence-corrected chi connectivity index (χ1v) is 18.6. The minimum Gasteiger partial charge on any atom is -0.504 e. The molecule has 0 radical (unpaired) electrons. The molecule has 4 amide bonds. The van der Waals surface area contributed by atoms with Crippen molar-refractivity contribution >= 4 is 52.5 Å². The van der Waals surface area contributed by atoms with Gasteiger partial charge in [-0.1, -0.05) is 83.4 Å². The molecule has 3 fully saturated rings. The Bertz CT molecular complexity index is 2210. The molecular formula is C42H37Cl2N3O7. The minimum atomic E-state index is -1.54. The van der Waals surface area contributed by atoms with Crippen LogP contribution in [0.2, 0.25) is 10.0 Å². The van der Waals surface area contributed by atoms with Crippen molar-refractivity contribution < 1.29 is 33.8 Å². The van der Waals surface area contributed by atoms with Gasteiger partial charge >= 0.3 is 0 Å². The number of phenolic OH excluding ortho intramolecular Hbond substituents is 1.